The average Bonchev–Trinajstić information content (AvgIpc) is 3.33. The summed E-state index contributed by atoms with van der Waals surface area (Å²) in [6, 6.07) is 14.5. The second kappa shape index (κ2) is 7.25. The van der Waals surface area contributed by atoms with Gasteiger partial charge in [0.05, 0.1) is 11.6 Å². The second-order valence-electron chi connectivity index (χ2n) is 6.01. The molecule has 0 bridgehead atoms. The monoisotopic (exact) mass is 381 g/mol. The summed E-state index contributed by atoms with van der Waals surface area (Å²) in [4.78, 5) is 17.1. The Morgan fingerprint density at radius 2 is 1.93 bits per heavy atom. The van der Waals surface area contributed by atoms with Crippen LogP contribution in [-0.2, 0) is 4.74 Å². The van der Waals surface area contributed by atoms with Crippen molar-refractivity contribution in [2.75, 3.05) is 18.5 Å². The van der Waals surface area contributed by atoms with Gasteiger partial charge >= 0.3 is 0 Å². The Morgan fingerprint density at radius 3 is 2.63 bits per heavy atom. The lowest BCUT2D eigenvalue weighted by Gasteiger charge is -2.08. The Bertz CT molecular complexity index is 1030. The SMILES string of the molecule is Cc1onc(-c2ccccc2Cl)c1C(=O)Nc1ccc(C2=NCCO2)cc1. The molecule has 1 aromatic heterocycles. The van der Waals surface area contributed by atoms with Crippen LogP contribution in [0.25, 0.3) is 11.3 Å². The van der Waals surface area contributed by atoms with Crippen molar-refractivity contribution in [3.8, 4) is 11.3 Å². The number of aromatic nitrogens is 1. The van der Waals surface area contributed by atoms with Gasteiger partial charge in [-0.25, -0.2) is 4.99 Å². The number of rotatable bonds is 4. The number of aryl methyl sites for hydroxylation is 1. The van der Waals surface area contributed by atoms with Gasteiger partial charge in [-0.1, -0.05) is 35.0 Å². The topological polar surface area (TPSA) is 76.7 Å². The molecule has 1 amide bonds. The number of nitrogens with one attached hydrogen (secondary N) is 1. The lowest BCUT2D eigenvalue weighted by atomic mass is 10.1. The molecule has 0 saturated carbocycles. The van der Waals surface area contributed by atoms with E-state index >= 15 is 0 Å². The van der Waals surface area contributed by atoms with Gasteiger partial charge in [0.2, 0.25) is 5.90 Å². The molecule has 1 aliphatic rings. The highest BCUT2D eigenvalue weighted by molar-refractivity contribution is 6.33. The van der Waals surface area contributed by atoms with E-state index in [0.29, 0.717) is 52.3 Å². The molecular weight excluding hydrogens is 366 g/mol. The van der Waals surface area contributed by atoms with Gasteiger partial charge in [0, 0.05) is 16.8 Å². The summed E-state index contributed by atoms with van der Waals surface area (Å²) in [6.45, 7) is 2.97. The molecule has 0 aliphatic carbocycles. The molecule has 7 heteroatoms. The Morgan fingerprint density at radius 1 is 1.15 bits per heavy atom. The maximum absolute atomic E-state index is 12.8. The number of aliphatic imine (C=N–C) groups is 1. The first-order chi connectivity index (χ1) is 13.1. The first-order valence-corrected chi connectivity index (χ1v) is 8.81. The number of amides is 1. The van der Waals surface area contributed by atoms with Crippen LogP contribution in [0.2, 0.25) is 5.02 Å². The van der Waals surface area contributed by atoms with Crippen molar-refractivity contribution in [1.29, 1.82) is 0 Å². The maximum Gasteiger partial charge on any atom is 0.261 e. The van der Waals surface area contributed by atoms with Gasteiger partial charge in [0.1, 0.15) is 23.6 Å². The number of carbonyl (C=O) groups excluding carboxylic acids is 1. The largest absolute Gasteiger partial charge is 0.476 e. The molecule has 0 radical (unpaired) electrons. The molecule has 1 N–H and O–H groups in total. The third kappa shape index (κ3) is 3.44. The summed E-state index contributed by atoms with van der Waals surface area (Å²) in [7, 11) is 0. The van der Waals surface area contributed by atoms with Crippen molar-refractivity contribution in [1.82, 2.24) is 5.16 Å². The van der Waals surface area contributed by atoms with E-state index in [-0.39, 0.29) is 5.91 Å². The molecule has 4 rings (SSSR count). The van der Waals surface area contributed by atoms with E-state index in [0.717, 1.165) is 5.56 Å². The summed E-state index contributed by atoms with van der Waals surface area (Å²) >= 11 is 6.25. The minimum absolute atomic E-state index is 0.314. The standard InChI is InChI=1S/C20H16ClN3O3/c1-12-17(18(24-27-12)15-4-2-3-5-16(15)21)19(25)23-14-8-6-13(7-9-14)20-22-10-11-26-20/h2-9H,10-11H2,1H3,(H,23,25). The number of halogens is 1. The Labute approximate surface area is 160 Å². The summed E-state index contributed by atoms with van der Waals surface area (Å²) in [5.74, 6) is 0.738. The normalized spacial score (nSPS) is 13.2. The van der Waals surface area contributed by atoms with Crippen LogP contribution in [0.4, 0.5) is 5.69 Å². The van der Waals surface area contributed by atoms with Crippen molar-refractivity contribution in [3.05, 3.63) is 70.4 Å². The zero-order valence-corrected chi connectivity index (χ0v) is 15.3. The molecule has 0 saturated heterocycles. The smallest absolute Gasteiger partial charge is 0.261 e. The minimum atomic E-state index is -0.314. The third-order valence-corrected chi connectivity index (χ3v) is 4.52. The van der Waals surface area contributed by atoms with Gasteiger partial charge in [-0.15, -0.1) is 0 Å². The molecule has 0 spiro atoms. The van der Waals surface area contributed by atoms with Crippen molar-refractivity contribution in [2.45, 2.75) is 6.92 Å². The number of ether oxygens (including phenoxy) is 1. The number of nitrogens with zero attached hydrogens (tertiary/aromatic N) is 2. The number of hydrogen-bond donors (Lipinski definition) is 1. The molecule has 6 nitrogen and oxygen atoms in total. The lowest BCUT2D eigenvalue weighted by molar-refractivity contribution is 0.102. The minimum Gasteiger partial charge on any atom is -0.476 e. The first-order valence-electron chi connectivity index (χ1n) is 8.43. The van der Waals surface area contributed by atoms with Crippen LogP contribution in [0.5, 0.6) is 0 Å². The highest BCUT2D eigenvalue weighted by atomic mass is 35.5. The van der Waals surface area contributed by atoms with Crippen molar-refractivity contribution >= 4 is 29.1 Å². The zero-order valence-electron chi connectivity index (χ0n) is 14.5. The summed E-state index contributed by atoms with van der Waals surface area (Å²) < 4.78 is 10.7. The Kier molecular flexibility index (Phi) is 4.64. The number of hydrogen-bond acceptors (Lipinski definition) is 5. The van der Waals surface area contributed by atoms with Crippen LogP contribution in [0.1, 0.15) is 21.7 Å². The van der Waals surface area contributed by atoms with Gasteiger partial charge in [-0.3, -0.25) is 4.79 Å². The summed E-state index contributed by atoms with van der Waals surface area (Å²) in [5, 5.41) is 7.39. The lowest BCUT2D eigenvalue weighted by Crippen LogP contribution is -2.13. The molecule has 0 fully saturated rings. The van der Waals surface area contributed by atoms with Gasteiger partial charge in [0.15, 0.2) is 0 Å². The van der Waals surface area contributed by atoms with E-state index < -0.39 is 0 Å². The van der Waals surface area contributed by atoms with Gasteiger partial charge in [0.25, 0.3) is 5.91 Å². The van der Waals surface area contributed by atoms with Gasteiger partial charge in [-0.05, 0) is 37.3 Å². The van der Waals surface area contributed by atoms with Crippen LogP contribution in [0.15, 0.2) is 58.0 Å². The predicted molar refractivity (Wildman–Crippen MR) is 103 cm³/mol. The van der Waals surface area contributed by atoms with E-state index in [9.17, 15) is 4.79 Å². The molecule has 1 aliphatic heterocycles. The molecule has 0 atom stereocenters. The molecular formula is C20H16ClN3O3. The van der Waals surface area contributed by atoms with E-state index in [1.165, 1.54) is 0 Å². The average molecular weight is 382 g/mol. The van der Waals surface area contributed by atoms with Crippen molar-refractivity contribution < 1.29 is 14.1 Å². The van der Waals surface area contributed by atoms with E-state index in [1.54, 1.807) is 31.2 Å². The zero-order chi connectivity index (χ0) is 18.8. The maximum atomic E-state index is 12.8. The van der Waals surface area contributed by atoms with Crippen LogP contribution < -0.4 is 5.32 Å². The van der Waals surface area contributed by atoms with Crippen molar-refractivity contribution in [3.63, 3.8) is 0 Å². The molecule has 136 valence electrons. The number of benzene rings is 2. The van der Waals surface area contributed by atoms with E-state index in [4.69, 9.17) is 20.9 Å². The highest BCUT2D eigenvalue weighted by Gasteiger charge is 2.23. The van der Waals surface area contributed by atoms with Crippen LogP contribution >= 0.6 is 11.6 Å². The molecule has 3 aromatic rings. The Hall–Kier alpha value is -3.12. The fraction of sp³-hybridized carbons (Fsp3) is 0.150. The van der Waals surface area contributed by atoms with Crippen molar-refractivity contribution in [2.24, 2.45) is 4.99 Å². The highest BCUT2D eigenvalue weighted by Crippen LogP contribution is 2.31. The number of carbonyl (C=O) groups is 1. The summed E-state index contributed by atoms with van der Waals surface area (Å²) in [6.07, 6.45) is 0. The number of anilines is 1. The van der Waals surface area contributed by atoms with Crippen LogP contribution in [-0.4, -0.2) is 30.1 Å². The molecule has 2 aromatic carbocycles. The van der Waals surface area contributed by atoms with Crippen LogP contribution in [0, 0.1) is 6.92 Å². The van der Waals surface area contributed by atoms with E-state index in [1.807, 2.05) is 24.3 Å². The fourth-order valence-corrected chi connectivity index (χ4v) is 3.10. The van der Waals surface area contributed by atoms with Gasteiger partial charge in [-0.2, -0.15) is 0 Å². The second-order valence-corrected chi connectivity index (χ2v) is 6.42. The summed E-state index contributed by atoms with van der Waals surface area (Å²) in [5.41, 5.74) is 2.95. The first kappa shape index (κ1) is 17.3. The van der Waals surface area contributed by atoms with E-state index in [2.05, 4.69) is 15.5 Å². The Balaban J connectivity index is 1.59. The molecule has 27 heavy (non-hydrogen) atoms. The quantitative estimate of drug-likeness (QED) is 0.729. The fourth-order valence-electron chi connectivity index (χ4n) is 2.88. The third-order valence-electron chi connectivity index (χ3n) is 4.19. The van der Waals surface area contributed by atoms with Gasteiger partial charge < -0.3 is 14.6 Å². The van der Waals surface area contributed by atoms with Crippen LogP contribution in [0.3, 0.4) is 0 Å². The predicted octanol–water partition coefficient (Wildman–Crippen LogP) is 4.33. The molecule has 2 heterocycles. The molecule has 0 unspecified atom stereocenters.